The summed E-state index contributed by atoms with van der Waals surface area (Å²) >= 11 is 33.0. The van der Waals surface area contributed by atoms with Crippen LogP contribution in [-0.4, -0.2) is 67.3 Å². The van der Waals surface area contributed by atoms with Crippen molar-refractivity contribution in [2.24, 2.45) is 0 Å². The van der Waals surface area contributed by atoms with Crippen LogP contribution in [0.4, 0.5) is 0 Å². The predicted octanol–water partition coefficient (Wildman–Crippen LogP) is 19.8. The van der Waals surface area contributed by atoms with Gasteiger partial charge >= 0.3 is 23.1 Å². The van der Waals surface area contributed by atoms with Crippen molar-refractivity contribution in [2.45, 2.75) is 164 Å². The van der Waals surface area contributed by atoms with Crippen LogP contribution in [0, 0.1) is 6.92 Å². The topological polar surface area (TPSA) is 0 Å². The van der Waals surface area contributed by atoms with Crippen molar-refractivity contribution in [3.8, 4) is 0 Å². The maximum atomic E-state index is 5.56. The van der Waals surface area contributed by atoms with Crippen molar-refractivity contribution in [3.05, 3.63) is 128 Å². The first-order valence-electron chi connectivity index (χ1n) is 22.0. The molecule has 0 aliphatic rings. The van der Waals surface area contributed by atoms with Gasteiger partial charge < -0.3 is 23.9 Å². The van der Waals surface area contributed by atoms with Gasteiger partial charge in [-0.05, 0) is 130 Å². The van der Waals surface area contributed by atoms with Crippen LogP contribution in [-0.2, 0) is 0 Å². The molecule has 0 fully saturated rings. The van der Waals surface area contributed by atoms with E-state index in [9.17, 15) is 0 Å². The first-order chi connectivity index (χ1) is 29.1. The normalized spacial score (nSPS) is 8.75. The summed E-state index contributed by atoms with van der Waals surface area (Å²) in [5.41, 5.74) is 12.7. The molecule has 0 aliphatic carbocycles. The predicted molar refractivity (Wildman–Crippen MR) is 326 cm³/mol. The molecule has 0 bridgehead atoms. The molecular weight excluding hydrogens is 1260 g/mol. The summed E-state index contributed by atoms with van der Waals surface area (Å²) in [7, 11) is 0. The van der Waals surface area contributed by atoms with Gasteiger partial charge in [-0.25, -0.2) is 0 Å². The summed E-state index contributed by atoms with van der Waals surface area (Å²) in [6.45, 7) is 56.4. The van der Waals surface area contributed by atoms with Crippen LogP contribution in [0.5, 0.6) is 0 Å². The van der Waals surface area contributed by atoms with Gasteiger partial charge in [0.25, 0.3) is 0 Å². The number of alkyl halides is 8. The van der Waals surface area contributed by atoms with Gasteiger partial charge in [0.1, 0.15) is 0 Å². The monoisotopic (exact) mass is 1350 g/mol. The van der Waals surface area contributed by atoms with Crippen LogP contribution in [0.3, 0.4) is 0 Å². The van der Waals surface area contributed by atoms with Crippen molar-refractivity contribution in [1.29, 1.82) is 0 Å². The smallest absolute Gasteiger partial charge is 1.00 e. The van der Waals surface area contributed by atoms with E-state index in [0.717, 1.165) is 135 Å². The summed E-state index contributed by atoms with van der Waals surface area (Å²) in [4.78, 5) is 0. The number of hydrogen-bond acceptors (Lipinski definition) is 0. The standard InChI is InChI=1S/C10H17Br.C10H17Cl.2C6H11Br.2C6H11Cl.C5H8Br2.C5H9.BrH.Mg/c2*1-9(2)5-4-6-10(3)7-8-11;4*1-3-6(2)4-5-7;1-5(4-7)2-3-6;1-4-5(2)3;;/h2*1,3-8H2,2H3;4*2-5H2,1H3;1-4H2;1-2,4H2,3H3;1H;/q;;;;;;;-1;;+2/p-1. The van der Waals surface area contributed by atoms with Crippen LogP contribution in [0.25, 0.3) is 0 Å². The Labute approximate surface area is 485 Å². The fourth-order valence-corrected chi connectivity index (χ4v) is 6.56. The van der Waals surface area contributed by atoms with Crippen LogP contribution < -0.4 is 17.0 Å². The Morgan fingerprint density at radius 2 is 0.594 bits per heavy atom. The zero-order valence-electron chi connectivity index (χ0n) is 42.3. The van der Waals surface area contributed by atoms with E-state index in [0.29, 0.717) is 17.6 Å². The van der Waals surface area contributed by atoms with E-state index >= 15 is 0 Å². The second-order valence-electron chi connectivity index (χ2n) is 14.7. The van der Waals surface area contributed by atoms with Gasteiger partial charge in [0.15, 0.2) is 0 Å². The minimum Gasteiger partial charge on any atom is -1.00 e. The van der Waals surface area contributed by atoms with E-state index < -0.39 is 0 Å². The molecule has 0 nitrogen and oxygen atoms in total. The molecule has 0 radical (unpaired) electrons. The van der Waals surface area contributed by atoms with Crippen LogP contribution >= 0.6 is 114 Å². The Hall–Kier alpha value is 1.92. The second-order valence-corrected chi connectivity index (χ2v) is 19.6. The van der Waals surface area contributed by atoms with Crippen LogP contribution in [0.15, 0.2) is 122 Å². The Morgan fingerprint density at radius 3 is 0.750 bits per heavy atom. The summed E-state index contributed by atoms with van der Waals surface area (Å²) < 4.78 is 0. The zero-order valence-corrected chi connectivity index (χ0v) is 55.5. The van der Waals surface area contributed by atoms with E-state index in [1.807, 2.05) is 6.92 Å². The van der Waals surface area contributed by atoms with Gasteiger partial charge in [-0.1, -0.05) is 204 Å². The van der Waals surface area contributed by atoms with Crippen molar-refractivity contribution < 1.29 is 17.0 Å². The molecule has 0 aliphatic heterocycles. The molecule has 0 saturated heterocycles. The zero-order chi connectivity index (χ0) is 50.2. The molecule has 0 amide bonds. The molecule has 0 aromatic heterocycles. The first-order valence-corrected chi connectivity index (χ1v) is 29.2. The molecular formula is C54H95Br6Cl3Mg. The maximum Gasteiger partial charge on any atom is 2.00 e. The van der Waals surface area contributed by atoms with Crippen LogP contribution in [0.1, 0.15) is 164 Å². The molecule has 10 heteroatoms. The van der Waals surface area contributed by atoms with Gasteiger partial charge in [0.2, 0.25) is 0 Å². The van der Waals surface area contributed by atoms with E-state index in [2.05, 4.69) is 194 Å². The second kappa shape index (κ2) is 79.1. The Balaban J connectivity index is -0.0000000656. The van der Waals surface area contributed by atoms with Crippen molar-refractivity contribution in [2.75, 3.05) is 44.3 Å². The van der Waals surface area contributed by atoms with E-state index in [-0.39, 0.29) is 40.0 Å². The van der Waals surface area contributed by atoms with Gasteiger partial charge in [0.05, 0.1) is 0 Å². The van der Waals surface area contributed by atoms with Gasteiger partial charge in [-0.2, -0.15) is 6.42 Å². The summed E-state index contributed by atoms with van der Waals surface area (Å²) in [6.07, 6.45) is 19.4. The molecule has 0 unspecified atom stereocenters. The molecule has 0 aromatic carbocycles. The fourth-order valence-electron chi connectivity index (χ4n) is 3.24. The molecule has 0 heterocycles. The van der Waals surface area contributed by atoms with Crippen molar-refractivity contribution in [3.63, 3.8) is 0 Å². The number of allylic oxidation sites excluding steroid dienone is 10. The third-order valence-corrected chi connectivity index (χ3v) is 11.0. The molecule has 0 aromatic rings. The SMILES string of the molecule is C=C(C)CCCC(=C)CCBr.C=C(C)CCCC(=C)CCCl.C=C(C)C[CH2-].C=C(CBr)CCBr.C=C(CC)CCBr.C=C(CC)CCBr.C=C(CC)CCCl.C=C(CC)CCCl.[Br-].[Mg+2]. The molecule has 64 heavy (non-hydrogen) atoms. The minimum atomic E-state index is 0. The number of rotatable bonds is 28. The fraction of sp³-hybridized carbons (Fsp3) is 0.611. The molecule has 0 spiro atoms. The molecule has 0 N–H and O–H groups in total. The Kier molecular flexibility index (Phi) is 110. The number of hydrogen-bond donors (Lipinski definition) is 0. The molecule has 0 saturated carbocycles. The quantitative estimate of drug-likeness (QED) is 0.0317. The Morgan fingerprint density at radius 1 is 0.375 bits per heavy atom. The average molecular weight is 1350 g/mol. The molecule has 0 rings (SSSR count). The van der Waals surface area contributed by atoms with Crippen molar-refractivity contribution >= 4 is 138 Å². The van der Waals surface area contributed by atoms with Gasteiger partial charge in [-0.3, -0.25) is 0 Å². The summed E-state index contributed by atoms with van der Waals surface area (Å²) in [6, 6.07) is 0. The summed E-state index contributed by atoms with van der Waals surface area (Å²) in [5, 5.41) is 5.11. The van der Waals surface area contributed by atoms with E-state index in [1.54, 1.807) is 0 Å². The average Bonchev–Trinajstić information content (AvgIpc) is 3.22. The van der Waals surface area contributed by atoms with Crippen LogP contribution in [0.2, 0.25) is 0 Å². The van der Waals surface area contributed by atoms with Gasteiger partial charge in [-0.15, -0.1) is 60.1 Å². The third-order valence-electron chi connectivity index (χ3n) is 8.02. The molecule has 0 atom stereocenters. The first kappa shape index (κ1) is 88.8. The van der Waals surface area contributed by atoms with Gasteiger partial charge in [0, 0.05) is 44.3 Å². The van der Waals surface area contributed by atoms with Crippen molar-refractivity contribution in [1.82, 2.24) is 0 Å². The summed E-state index contributed by atoms with van der Waals surface area (Å²) in [5.74, 6) is 2.13. The largest absolute Gasteiger partial charge is 2.00 e. The third kappa shape index (κ3) is 115. The number of halogens is 9. The van der Waals surface area contributed by atoms with E-state index in [1.165, 1.54) is 63.0 Å². The Bertz CT molecular complexity index is 980. The minimum absolute atomic E-state index is 0. The maximum absolute atomic E-state index is 5.56. The van der Waals surface area contributed by atoms with E-state index in [4.69, 9.17) is 34.8 Å². The molecule has 376 valence electrons.